The summed E-state index contributed by atoms with van der Waals surface area (Å²) in [4.78, 5) is 11.4. The summed E-state index contributed by atoms with van der Waals surface area (Å²) in [5.41, 5.74) is 0.0969. The summed E-state index contributed by atoms with van der Waals surface area (Å²) in [6, 6.07) is 0. The molecule has 0 aromatic heterocycles. The number of rotatable bonds is 5. The predicted molar refractivity (Wildman–Crippen MR) is 82.2 cm³/mol. The van der Waals surface area contributed by atoms with Gasteiger partial charge in [0.2, 0.25) is 6.29 Å². The van der Waals surface area contributed by atoms with Gasteiger partial charge in [-0.05, 0) is 18.8 Å². The summed E-state index contributed by atoms with van der Waals surface area (Å²) in [7, 11) is 0. The highest BCUT2D eigenvalue weighted by Crippen LogP contribution is 2.47. The molecule has 0 spiro atoms. The summed E-state index contributed by atoms with van der Waals surface area (Å²) in [5.74, 6) is -2.21. The molecule has 6 N–H and O–H groups in total. The van der Waals surface area contributed by atoms with E-state index in [1.807, 2.05) is 0 Å². The van der Waals surface area contributed by atoms with Gasteiger partial charge in [0.15, 0.2) is 6.29 Å². The fraction of sp³-hybridized carbons (Fsp3) is 0.812. The number of hydrogen-bond acceptors (Lipinski definition) is 9. The molecule has 3 aliphatic rings. The summed E-state index contributed by atoms with van der Waals surface area (Å²) in [6.07, 6.45) is -5.98. The van der Waals surface area contributed by atoms with Crippen LogP contribution in [0.15, 0.2) is 11.8 Å². The van der Waals surface area contributed by atoms with Crippen molar-refractivity contribution in [3.8, 4) is 0 Å². The Kier molecular flexibility index (Phi) is 5.82. The Morgan fingerprint density at radius 2 is 1.81 bits per heavy atom. The molecule has 148 valence electrons. The van der Waals surface area contributed by atoms with E-state index in [4.69, 9.17) is 14.2 Å². The number of hydrogen-bond donors (Lipinski definition) is 6. The first-order chi connectivity index (χ1) is 12.4. The van der Waals surface area contributed by atoms with Crippen molar-refractivity contribution in [1.82, 2.24) is 0 Å². The molecule has 9 atom stereocenters. The van der Waals surface area contributed by atoms with Crippen molar-refractivity contribution < 1.29 is 49.6 Å². The van der Waals surface area contributed by atoms with E-state index in [9.17, 15) is 35.4 Å². The lowest BCUT2D eigenvalue weighted by Crippen LogP contribution is -2.60. The normalized spacial score (nSPS) is 45.6. The van der Waals surface area contributed by atoms with E-state index in [1.54, 1.807) is 0 Å². The molecule has 9 unspecified atom stereocenters. The zero-order valence-electron chi connectivity index (χ0n) is 13.9. The highest BCUT2D eigenvalue weighted by atomic mass is 16.8. The van der Waals surface area contributed by atoms with Crippen molar-refractivity contribution in [3.63, 3.8) is 0 Å². The number of aliphatic hydroxyl groups excluding tert-OH is 5. The van der Waals surface area contributed by atoms with Gasteiger partial charge in [-0.25, -0.2) is 4.79 Å². The average Bonchev–Trinajstić information content (AvgIpc) is 3.06. The molecule has 26 heavy (non-hydrogen) atoms. The number of fused-ring (bicyclic) bond motifs is 1. The van der Waals surface area contributed by atoms with Crippen LogP contribution in [0.2, 0.25) is 0 Å². The van der Waals surface area contributed by atoms with Gasteiger partial charge < -0.3 is 44.8 Å². The zero-order chi connectivity index (χ0) is 19.0. The van der Waals surface area contributed by atoms with Gasteiger partial charge in [0.1, 0.15) is 24.4 Å². The molecule has 0 aromatic carbocycles. The largest absolute Gasteiger partial charge is 0.478 e. The molecular formula is C16H24O10. The predicted octanol–water partition coefficient (Wildman–Crippen LogP) is -2.24. The molecule has 1 saturated carbocycles. The molecule has 0 amide bonds. The van der Waals surface area contributed by atoms with E-state index in [0.29, 0.717) is 12.8 Å². The molecule has 3 rings (SSSR count). The molecule has 0 aromatic rings. The topological polar surface area (TPSA) is 166 Å². The molecule has 10 heteroatoms. The van der Waals surface area contributed by atoms with Crippen LogP contribution in [0, 0.1) is 17.8 Å². The Labute approximate surface area is 149 Å². The number of carbonyl (C=O) groups is 1. The van der Waals surface area contributed by atoms with Crippen LogP contribution in [-0.2, 0) is 19.0 Å². The molecule has 1 aliphatic carbocycles. The second-order valence-electron chi connectivity index (χ2n) is 6.92. The van der Waals surface area contributed by atoms with Gasteiger partial charge >= 0.3 is 5.97 Å². The minimum absolute atomic E-state index is 0.0969. The Morgan fingerprint density at radius 1 is 1.08 bits per heavy atom. The highest BCUT2D eigenvalue weighted by Gasteiger charge is 2.51. The van der Waals surface area contributed by atoms with Crippen molar-refractivity contribution in [2.75, 3.05) is 13.2 Å². The van der Waals surface area contributed by atoms with Gasteiger partial charge in [0.05, 0.1) is 18.4 Å². The molecular weight excluding hydrogens is 352 g/mol. The van der Waals surface area contributed by atoms with E-state index in [2.05, 4.69) is 0 Å². The first-order valence-corrected chi connectivity index (χ1v) is 8.54. The maximum absolute atomic E-state index is 11.4. The van der Waals surface area contributed by atoms with Crippen LogP contribution in [0.3, 0.4) is 0 Å². The van der Waals surface area contributed by atoms with Crippen molar-refractivity contribution >= 4 is 5.97 Å². The van der Waals surface area contributed by atoms with E-state index in [0.717, 1.165) is 6.26 Å². The molecule has 10 nitrogen and oxygen atoms in total. The minimum atomic E-state index is -1.59. The van der Waals surface area contributed by atoms with Crippen LogP contribution in [0.4, 0.5) is 0 Å². The summed E-state index contributed by atoms with van der Waals surface area (Å²) in [5, 5.41) is 57.9. The lowest BCUT2D eigenvalue weighted by Gasteiger charge is -2.43. The van der Waals surface area contributed by atoms with Gasteiger partial charge in [0.25, 0.3) is 0 Å². The van der Waals surface area contributed by atoms with Gasteiger partial charge in [-0.2, -0.15) is 0 Å². The highest BCUT2D eigenvalue weighted by molar-refractivity contribution is 5.87. The molecule has 2 fully saturated rings. The molecule has 2 aliphatic heterocycles. The van der Waals surface area contributed by atoms with Gasteiger partial charge in [0, 0.05) is 18.4 Å². The summed E-state index contributed by atoms with van der Waals surface area (Å²) >= 11 is 0. The SMILES string of the molecule is O=C(O)C1=COC(OC2OC(CO)C(O)C(O)C2O)C2C(CO)CCC12. The van der Waals surface area contributed by atoms with E-state index >= 15 is 0 Å². The minimum Gasteiger partial charge on any atom is -0.478 e. The molecule has 1 saturated heterocycles. The van der Waals surface area contributed by atoms with Crippen LogP contribution in [0.1, 0.15) is 12.8 Å². The lowest BCUT2D eigenvalue weighted by atomic mass is 9.83. The number of aliphatic carboxylic acids is 1. The maximum Gasteiger partial charge on any atom is 0.334 e. The Bertz CT molecular complexity index is 549. The molecule has 2 heterocycles. The van der Waals surface area contributed by atoms with Crippen molar-refractivity contribution in [2.45, 2.75) is 49.8 Å². The number of carboxylic acid groups (broad SMARTS) is 1. The van der Waals surface area contributed by atoms with E-state index in [1.165, 1.54) is 0 Å². The third-order valence-electron chi connectivity index (χ3n) is 5.50. The number of carboxylic acids is 1. The van der Waals surface area contributed by atoms with Crippen LogP contribution < -0.4 is 0 Å². The van der Waals surface area contributed by atoms with Crippen molar-refractivity contribution in [2.24, 2.45) is 17.8 Å². The van der Waals surface area contributed by atoms with E-state index < -0.39 is 55.5 Å². The average molecular weight is 376 g/mol. The Hall–Kier alpha value is -1.27. The standard InChI is InChI=1S/C16H24O10/c17-3-6-1-2-7-8(14(22)23)5-24-15(10(6)7)26-16-13(21)12(20)11(19)9(4-18)25-16/h5-7,9-13,15-21H,1-4H2,(H,22,23). The maximum atomic E-state index is 11.4. The number of aliphatic hydroxyl groups is 5. The van der Waals surface area contributed by atoms with Crippen LogP contribution in [0.25, 0.3) is 0 Å². The molecule has 0 radical (unpaired) electrons. The van der Waals surface area contributed by atoms with Crippen LogP contribution in [0.5, 0.6) is 0 Å². The second-order valence-corrected chi connectivity index (χ2v) is 6.92. The van der Waals surface area contributed by atoms with Gasteiger partial charge in [-0.3, -0.25) is 0 Å². The van der Waals surface area contributed by atoms with Crippen LogP contribution in [-0.4, -0.2) is 86.8 Å². The van der Waals surface area contributed by atoms with Crippen LogP contribution >= 0.6 is 0 Å². The van der Waals surface area contributed by atoms with Gasteiger partial charge in [-0.1, -0.05) is 0 Å². The lowest BCUT2D eigenvalue weighted by molar-refractivity contribution is -0.342. The third kappa shape index (κ3) is 3.33. The molecule has 0 bridgehead atoms. The monoisotopic (exact) mass is 376 g/mol. The smallest absolute Gasteiger partial charge is 0.334 e. The quantitative estimate of drug-likeness (QED) is 0.309. The Balaban J connectivity index is 1.79. The first kappa shape index (κ1) is 19.5. The zero-order valence-corrected chi connectivity index (χ0v) is 13.9. The van der Waals surface area contributed by atoms with Crippen molar-refractivity contribution in [3.05, 3.63) is 11.8 Å². The van der Waals surface area contributed by atoms with Crippen molar-refractivity contribution in [1.29, 1.82) is 0 Å². The summed E-state index contributed by atoms with van der Waals surface area (Å²) < 4.78 is 16.4. The first-order valence-electron chi connectivity index (χ1n) is 8.54. The van der Waals surface area contributed by atoms with Gasteiger partial charge in [-0.15, -0.1) is 0 Å². The van der Waals surface area contributed by atoms with E-state index in [-0.39, 0.29) is 24.0 Å². The second kappa shape index (κ2) is 7.77. The fourth-order valence-corrected chi connectivity index (χ4v) is 4.06. The summed E-state index contributed by atoms with van der Waals surface area (Å²) in [6.45, 7) is -0.767. The Morgan fingerprint density at radius 3 is 2.42 bits per heavy atom. The third-order valence-corrected chi connectivity index (χ3v) is 5.50. The number of ether oxygens (including phenoxy) is 3. The fourth-order valence-electron chi connectivity index (χ4n) is 4.06.